The molecule has 0 aromatic heterocycles. The quantitative estimate of drug-likeness (QED) is 0.637. The van der Waals surface area contributed by atoms with Crippen LogP contribution in [0.2, 0.25) is 0 Å². The average Bonchev–Trinajstić information content (AvgIpc) is 3.24. The maximum Gasteiger partial charge on any atom is 0.217 e. The molecule has 0 amide bonds. The van der Waals surface area contributed by atoms with Crippen LogP contribution in [0.3, 0.4) is 0 Å². The summed E-state index contributed by atoms with van der Waals surface area (Å²) in [5.41, 5.74) is 4.20. The highest BCUT2D eigenvalue weighted by Crippen LogP contribution is 2.48. The minimum absolute atomic E-state index is 0.107. The van der Waals surface area contributed by atoms with Crippen molar-refractivity contribution in [2.24, 2.45) is 5.10 Å². The molecule has 3 aromatic carbocycles. The first-order chi connectivity index (χ1) is 14.3. The third-order valence-electron chi connectivity index (χ3n) is 5.51. The van der Waals surface area contributed by atoms with Crippen molar-refractivity contribution in [3.8, 4) is 17.2 Å². The summed E-state index contributed by atoms with van der Waals surface area (Å²) in [6.45, 7) is 0. The van der Waals surface area contributed by atoms with Crippen molar-refractivity contribution < 1.29 is 14.2 Å². The van der Waals surface area contributed by atoms with Gasteiger partial charge in [-0.15, -0.1) is 0 Å². The molecule has 29 heavy (non-hydrogen) atoms. The molecule has 0 saturated heterocycles. The fourth-order valence-electron chi connectivity index (χ4n) is 4.09. The van der Waals surface area contributed by atoms with Gasteiger partial charge in [0.15, 0.2) is 0 Å². The normalized spacial score (nSPS) is 19.7. The number of hydrogen-bond acceptors (Lipinski definition) is 5. The topological polar surface area (TPSA) is 43.3 Å². The van der Waals surface area contributed by atoms with Crippen LogP contribution in [0.1, 0.15) is 35.4 Å². The molecule has 5 rings (SSSR count). The molecule has 3 aromatic rings. The van der Waals surface area contributed by atoms with E-state index in [0.29, 0.717) is 0 Å². The van der Waals surface area contributed by atoms with Crippen molar-refractivity contribution in [3.05, 3.63) is 89.5 Å². The van der Waals surface area contributed by atoms with Crippen molar-refractivity contribution in [1.29, 1.82) is 0 Å². The first kappa shape index (κ1) is 17.6. The minimum Gasteiger partial charge on any atom is -0.497 e. The Morgan fingerprint density at radius 1 is 0.897 bits per heavy atom. The molecule has 2 aliphatic heterocycles. The third-order valence-corrected chi connectivity index (χ3v) is 5.51. The highest BCUT2D eigenvalue weighted by atomic mass is 16.5. The molecule has 0 unspecified atom stereocenters. The summed E-state index contributed by atoms with van der Waals surface area (Å²) in [7, 11) is 3.36. The summed E-state index contributed by atoms with van der Waals surface area (Å²) < 4.78 is 17.4. The van der Waals surface area contributed by atoms with E-state index in [-0.39, 0.29) is 12.3 Å². The lowest BCUT2D eigenvalue weighted by Crippen LogP contribution is -2.33. The van der Waals surface area contributed by atoms with E-state index in [2.05, 4.69) is 17.1 Å². The second-order valence-corrected chi connectivity index (χ2v) is 7.13. The van der Waals surface area contributed by atoms with Crippen molar-refractivity contribution in [2.75, 3.05) is 14.2 Å². The fourth-order valence-corrected chi connectivity index (χ4v) is 4.09. The lowest BCUT2D eigenvalue weighted by Gasteiger charge is -2.38. The number of nitrogens with zero attached hydrogens (tertiary/aromatic N) is 2. The molecule has 0 fully saturated rings. The van der Waals surface area contributed by atoms with Gasteiger partial charge in [0, 0.05) is 17.5 Å². The zero-order valence-corrected chi connectivity index (χ0v) is 16.4. The van der Waals surface area contributed by atoms with Gasteiger partial charge in [0.05, 0.1) is 31.5 Å². The van der Waals surface area contributed by atoms with E-state index in [1.807, 2.05) is 60.7 Å². The molecule has 0 N–H and O–H groups in total. The Bertz CT molecular complexity index is 1080. The van der Waals surface area contributed by atoms with Gasteiger partial charge < -0.3 is 14.2 Å². The Morgan fingerprint density at radius 3 is 2.52 bits per heavy atom. The summed E-state index contributed by atoms with van der Waals surface area (Å²) in [6.07, 6.45) is 0.452. The molecular formula is C24H22N2O3. The largest absolute Gasteiger partial charge is 0.497 e. The van der Waals surface area contributed by atoms with Crippen LogP contribution in [-0.2, 0) is 0 Å². The molecule has 2 heterocycles. The molecular weight excluding hydrogens is 364 g/mol. The summed E-state index contributed by atoms with van der Waals surface area (Å²) in [4.78, 5) is 0. The highest BCUT2D eigenvalue weighted by Gasteiger charge is 2.41. The number of hydrazone groups is 1. The molecule has 0 radical (unpaired) electrons. The van der Waals surface area contributed by atoms with Gasteiger partial charge in [-0.3, -0.25) is 0 Å². The molecule has 0 aliphatic carbocycles. The van der Waals surface area contributed by atoms with E-state index >= 15 is 0 Å². The van der Waals surface area contributed by atoms with Crippen LogP contribution in [0.25, 0.3) is 0 Å². The second kappa shape index (κ2) is 7.17. The first-order valence-corrected chi connectivity index (χ1v) is 9.67. The Hall–Kier alpha value is -3.47. The Kier molecular flexibility index (Phi) is 4.35. The van der Waals surface area contributed by atoms with E-state index in [0.717, 1.165) is 46.1 Å². The van der Waals surface area contributed by atoms with E-state index in [1.54, 1.807) is 14.2 Å². The molecule has 0 bridgehead atoms. The van der Waals surface area contributed by atoms with Gasteiger partial charge >= 0.3 is 0 Å². The van der Waals surface area contributed by atoms with Gasteiger partial charge in [0.2, 0.25) is 6.23 Å². The van der Waals surface area contributed by atoms with Crippen LogP contribution in [-0.4, -0.2) is 24.9 Å². The van der Waals surface area contributed by atoms with Gasteiger partial charge in [-0.05, 0) is 30.3 Å². The van der Waals surface area contributed by atoms with E-state index < -0.39 is 0 Å². The molecule has 2 atom stereocenters. The number of hydrogen-bond donors (Lipinski definition) is 0. The fraction of sp³-hybridized carbons (Fsp3) is 0.208. The predicted molar refractivity (Wildman–Crippen MR) is 112 cm³/mol. The molecule has 0 spiro atoms. The minimum atomic E-state index is -0.353. The monoisotopic (exact) mass is 386 g/mol. The van der Waals surface area contributed by atoms with Crippen molar-refractivity contribution in [1.82, 2.24) is 5.01 Å². The zero-order valence-electron chi connectivity index (χ0n) is 16.4. The average molecular weight is 386 g/mol. The summed E-state index contributed by atoms with van der Waals surface area (Å²) in [5.74, 6) is 2.51. The van der Waals surface area contributed by atoms with Crippen molar-refractivity contribution >= 4 is 5.71 Å². The molecule has 146 valence electrons. The number of rotatable bonds is 4. The summed E-state index contributed by atoms with van der Waals surface area (Å²) in [6, 6.07) is 24.3. The SMILES string of the molecule is COc1cccc(C2=NN3[C@H](C2)c2ccccc2O[C@@H]3c2ccccc2OC)c1. The van der Waals surface area contributed by atoms with Crippen LogP contribution in [0.15, 0.2) is 77.9 Å². The van der Waals surface area contributed by atoms with E-state index in [4.69, 9.17) is 19.3 Å². The lowest BCUT2D eigenvalue weighted by molar-refractivity contribution is -0.0203. The lowest BCUT2D eigenvalue weighted by atomic mass is 9.96. The van der Waals surface area contributed by atoms with Gasteiger partial charge in [-0.25, -0.2) is 5.01 Å². The highest BCUT2D eigenvalue weighted by molar-refractivity contribution is 6.02. The molecule has 5 nitrogen and oxygen atoms in total. The molecule has 5 heteroatoms. The molecule has 2 aliphatic rings. The first-order valence-electron chi connectivity index (χ1n) is 9.67. The van der Waals surface area contributed by atoms with Crippen LogP contribution < -0.4 is 14.2 Å². The standard InChI is InChI=1S/C24H22N2O3/c1-27-17-9-7-8-16(14-17)20-15-21-18-10-3-6-13-23(18)29-24(26(21)25-20)19-11-4-5-12-22(19)28-2/h3-14,21,24H,15H2,1-2H3/t21-,24-/m1/s1. The summed E-state index contributed by atoms with van der Waals surface area (Å²) in [5, 5.41) is 7.07. The maximum absolute atomic E-state index is 6.42. The van der Waals surface area contributed by atoms with Crippen LogP contribution in [0.4, 0.5) is 0 Å². The van der Waals surface area contributed by atoms with Crippen LogP contribution in [0.5, 0.6) is 17.2 Å². The van der Waals surface area contributed by atoms with Crippen molar-refractivity contribution in [2.45, 2.75) is 18.7 Å². The smallest absolute Gasteiger partial charge is 0.217 e. The van der Waals surface area contributed by atoms with E-state index in [1.165, 1.54) is 0 Å². The second-order valence-electron chi connectivity index (χ2n) is 7.13. The van der Waals surface area contributed by atoms with Gasteiger partial charge in [-0.1, -0.05) is 42.5 Å². The summed E-state index contributed by atoms with van der Waals surface area (Å²) >= 11 is 0. The van der Waals surface area contributed by atoms with Crippen LogP contribution >= 0.6 is 0 Å². The number of benzene rings is 3. The maximum atomic E-state index is 6.42. The Morgan fingerprint density at radius 2 is 1.69 bits per heavy atom. The molecule has 0 saturated carbocycles. The zero-order chi connectivity index (χ0) is 19.8. The third kappa shape index (κ3) is 2.99. The van der Waals surface area contributed by atoms with E-state index in [9.17, 15) is 0 Å². The number of ether oxygens (including phenoxy) is 3. The number of fused-ring (bicyclic) bond motifs is 3. The Balaban J connectivity index is 1.61. The van der Waals surface area contributed by atoms with Crippen molar-refractivity contribution in [3.63, 3.8) is 0 Å². The predicted octanol–water partition coefficient (Wildman–Crippen LogP) is 4.95. The number of methoxy groups -OCH3 is 2. The van der Waals surface area contributed by atoms with Gasteiger partial charge in [-0.2, -0.15) is 5.10 Å². The van der Waals surface area contributed by atoms with Gasteiger partial charge in [0.1, 0.15) is 17.2 Å². The Labute approximate surface area is 170 Å². The van der Waals surface area contributed by atoms with Crippen LogP contribution in [0, 0.1) is 0 Å². The van der Waals surface area contributed by atoms with Gasteiger partial charge in [0.25, 0.3) is 0 Å². The number of para-hydroxylation sites is 2.